The minimum Gasteiger partial charge on any atom is -0.409 e. The third kappa shape index (κ3) is 4.88. The van der Waals surface area contributed by atoms with Crippen LogP contribution in [-0.2, 0) is 16.4 Å². The van der Waals surface area contributed by atoms with Gasteiger partial charge in [0.05, 0.1) is 4.90 Å². The third-order valence-corrected chi connectivity index (χ3v) is 3.88. The number of sulfone groups is 1. The van der Waals surface area contributed by atoms with Gasteiger partial charge >= 0.3 is 0 Å². The molecule has 0 radical (unpaired) electrons. The van der Waals surface area contributed by atoms with Crippen molar-refractivity contribution in [1.29, 1.82) is 0 Å². The van der Waals surface area contributed by atoms with Gasteiger partial charge in [-0.05, 0) is 17.7 Å². The first-order valence-corrected chi connectivity index (χ1v) is 7.71. The Balaban J connectivity index is 2.51. The molecule has 0 heterocycles. The number of nitrogens with one attached hydrogen (secondary N) is 1. The lowest BCUT2D eigenvalue weighted by molar-refractivity contribution is 0.314. The summed E-state index contributed by atoms with van der Waals surface area (Å²) in [5.74, 6) is 0.111. The molecule has 0 aliphatic rings. The second-order valence-corrected chi connectivity index (χ2v) is 6.49. The molecule has 1 unspecified atom stereocenters. The highest BCUT2D eigenvalue weighted by atomic mass is 32.2. The summed E-state index contributed by atoms with van der Waals surface area (Å²) in [6, 6.07) is 6.69. The summed E-state index contributed by atoms with van der Waals surface area (Å²) in [5, 5.41) is 14.6. The van der Waals surface area contributed by atoms with Crippen molar-refractivity contribution in [3.63, 3.8) is 0 Å². The molecule has 6 nitrogen and oxygen atoms in total. The van der Waals surface area contributed by atoms with Crippen molar-refractivity contribution < 1.29 is 13.6 Å². The maximum Gasteiger partial charge on any atom is 0.175 e. The van der Waals surface area contributed by atoms with Crippen LogP contribution < -0.4 is 11.1 Å². The quantitative estimate of drug-likeness (QED) is 0.306. The van der Waals surface area contributed by atoms with E-state index >= 15 is 0 Å². The van der Waals surface area contributed by atoms with Gasteiger partial charge in [0.1, 0.15) is 5.84 Å². The van der Waals surface area contributed by atoms with E-state index in [-0.39, 0.29) is 11.8 Å². The highest BCUT2D eigenvalue weighted by Crippen LogP contribution is 2.10. The normalized spacial score (nSPS) is 14.3. The maximum absolute atomic E-state index is 11.3. The molecule has 106 valence electrons. The van der Waals surface area contributed by atoms with Crippen LogP contribution in [0.4, 0.5) is 0 Å². The second kappa shape index (κ2) is 6.53. The molecule has 0 spiro atoms. The van der Waals surface area contributed by atoms with Crippen molar-refractivity contribution >= 4 is 15.7 Å². The van der Waals surface area contributed by atoms with Crippen LogP contribution in [0.25, 0.3) is 0 Å². The van der Waals surface area contributed by atoms with Crippen LogP contribution in [0.2, 0.25) is 0 Å². The van der Waals surface area contributed by atoms with Crippen LogP contribution in [0.15, 0.2) is 34.3 Å². The topological polar surface area (TPSA) is 105 Å². The van der Waals surface area contributed by atoms with Gasteiger partial charge in [-0.15, -0.1) is 0 Å². The van der Waals surface area contributed by atoms with Gasteiger partial charge in [0.15, 0.2) is 9.84 Å². The SMILES string of the molecule is CC(CNCc1ccc(S(C)(=O)=O)cc1)C(N)=NO. The number of rotatable bonds is 6. The Bertz CT molecular complexity index is 538. The van der Waals surface area contributed by atoms with Gasteiger partial charge in [-0.3, -0.25) is 0 Å². The van der Waals surface area contributed by atoms with E-state index in [9.17, 15) is 8.42 Å². The van der Waals surface area contributed by atoms with Crippen molar-refractivity contribution in [2.75, 3.05) is 12.8 Å². The lowest BCUT2D eigenvalue weighted by Gasteiger charge is -2.11. The minimum atomic E-state index is -3.15. The summed E-state index contributed by atoms with van der Waals surface area (Å²) in [4.78, 5) is 0.307. The fraction of sp³-hybridized carbons (Fsp3) is 0.417. The Morgan fingerprint density at radius 3 is 2.47 bits per heavy atom. The van der Waals surface area contributed by atoms with E-state index in [1.807, 2.05) is 6.92 Å². The van der Waals surface area contributed by atoms with Crippen LogP contribution >= 0.6 is 0 Å². The van der Waals surface area contributed by atoms with Crippen molar-refractivity contribution in [2.24, 2.45) is 16.8 Å². The molecule has 1 aromatic carbocycles. The van der Waals surface area contributed by atoms with E-state index in [2.05, 4.69) is 10.5 Å². The van der Waals surface area contributed by atoms with Crippen molar-refractivity contribution in [3.05, 3.63) is 29.8 Å². The molecule has 0 saturated carbocycles. The first kappa shape index (κ1) is 15.5. The average molecular weight is 285 g/mol. The number of benzene rings is 1. The standard InChI is InChI=1S/C12H19N3O3S/c1-9(12(13)15-16)7-14-8-10-3-5-11(6-4-10)19(2,17)18/h3-6,9,14,16H,7-8H2,1-2H3,(H2,13,15). The summed E-state index contributed by atoms with van der Waals surface area (Å²) in [5.41, 5.74) is 6.43. The van der Waals surface area contributed by atoms with E-state index in [1.54, 1.807) is 24.3 Å². The van der Waals surface area contributed by atoms with Gasteiger partial charge in [0.2, 0.25) is 0 Å². The van der Waals surface area contributed by atoms with Gasteiger partial charge < -0.3 is 16.3 Å². The van der Waals surface area contributed by atoms with Crippen LogP contribution in [0.1, 0.15) is 12.5 Å². The highest BCUT2D eigenvalue weighted by Gasteiger charge is 2.08. The Hall–Kier alpha value is -1.60. The molecule has 1 atom stereocenters. The summed E-state index contributed by atoms with van der Waals surface area (Å²) in [7, 11) is -3.15. The molecule has 0 aliphatic carbocycles. The molecule has 7 heteroatoms. The Morgan fingerprint density at radius 2 is 2.00 bits per heavy atom. The second-order valence-electron chi connectivity index (χ2n) is 4.47. The molecule has 0 aliphatic heterocycles. The van der Waals surface area contributed by atoms with E-state index in [0.29, 0.717) is 18.0 Å². The van der Waals surface area contributed by atoms with Crippen molar-refractivity contribution in [3.8, 4) is 0 Å². The molecule has 0 bridgehead atoms. The number of nitrogens with zero attached hydrogens (tertiary/aromatic N) is 1. The lowest BCUT2D eigenvalue weighted by atomic mass is 10.1. The van der Waals surface area contributed by atoms with Crippen molar-refractivity contribution in [2.45, 2.75) is 18.4 Å². The average Bonchev–Trinajstić information content (AvgIpc) is 2.37. The number of amidine groups is 1. The molecular weight excluding hydrogens is 266 g/mol. The van der Waals surface area contributed by atoms with Crippen LogP contribution in [0.3, 0.4) is 0 Å². The Morgan fingerprint density at radius 1 is 1.42 bits per heavy atom. The molecule has 4 N–H and O–H groups in total. The molecule has 0 fully saturated rings. The molecule has 0 aromatic heterocycles. The molecule has 1 rings (SSSR count). The third-order valence-electron chi connectivity index (χ3n) is 2.75. The van der Waals surface area contributed by atoms with E-state index in [0.717, 1.165) is 5.56 Å². The molecule has 19 heavy (non-hydrogen) atoms. The zero-order chi connectivity index (χ0) is 14.5. The van der Waals surface area contributed by atoms with Crippen LogP contribution in [0, 0.1) is 5.92 Å². The van der Waals surface area contributed by atoms with Gasteiger partial charge in [-0.2, -0.15) is 0 Å². The van der Waals surface area contributed by atoms with Gasteiger partial charge in [0, 0.05) is 25.3 Å². The summed E-state index contributed by atoms with van der Waals surface area (Å²) in [6.07, 6.45) is 1.18. The highest BCUT2D eigenvalue weighted by molar-refractivity contribution is 7.90. The summed E-state index contributed by atoms with van der Waals surface area (Å²) < 4.78 is 22.6. The molecule has 0 amide bonds. The molecular formula is C12H19N3O3S. The number of hydrogen-bond donors (Lipinski definition) is 3. The fourth-order valence-electron chi connectivity index (χ4n) is 1.49. The van der Waals surface area contributed by atoms with Gasteiger partial charge in [-0.1, -0.05) is 24.2 Å². The monoisotopic (exact) mass is 285 g/mol. The molecule has 0 saturated heterocycles. The maximum atomic E-state index is 11.3. The minimum absolute atomic E-state index is 0.0692. The van der Waals surface area contributed by atoms with E-state index in [4.69, 9.17) is 10.9 Å². The number of hydrogen-bond acceptors (Lipinski definition) is 5. The lowest BCUT2D eigenvalue weighted by Crippen LogP contribution is -2.31. The van der Waals surface area contributed by atoms with Crippen molar-refractivity contribution in [1.82, 2.24) is 5.32 Å². The fourth-order valence-corrected chi connectivity index (χ4v) is 2.12. The van der Waals surface area contributed by atoms with E-state index in [1.165, 1.54) is 6.26 Å². The zero-order valence-electron chi connectivity index (χ0n) is 11.0. The van der Waals surface area contributed by atoms with E-state index < -0.39 is 9.84 Å². The predicted molar refractivity (Wildman–Crippen MR) is 73.8 cm³/mol. The largest absolute Gasteiger partial charge is 0.409 e. The van der Waals surface area contributed by atoms with Gasteiger partial charge in [0.25, 0.3) is 0 Å². The Kier molecular flexibility index (Phi) is 5.31. The van der Waals surface area contributed by atoms with Crippen LogP contribution in [0.5, 0.6) is 0 Å². The first-order chi connectivity index (χ1) is 8.84. The zero-order valence-corrected chi connectivity index (χ0v) is 11.8. The predicted octanol–water partition coefficient (Wildman–Crippen LogP) is 0.562. The smallest absolute Gasteiger partial charge is 0.175 e. The Labute approximate surface area is 113 Å². The first-order valence-electron chi connectivity index (χ1n) is 5.81. The number of oxime groups is 1. The van der Waals surface area contributed by atoms with Gasteiger partial charge in [-0.25, -0.2) is 8.42 Å². The molecule has 1 aromatic rings. The summed E-state index contributed by atoms with van der Waals surface area (Å²) >= 11 is 0. The van der Waals surface area contributed by atoms with Crippen LogP contribution in [-0.4, -0.2) is 32.3 Å². The number of nitrogens with two attached hydrogens (primary N) is 1. The summed E-state index contributed by atoms with van der Waals surface area (Å²) in [6.45, 7) is 3.01.